The molecule has 2 aromatic rings. The number of nitrogens with zero attached hydrogens (tertiary/aromatic N) is 2. The van der Waals surface area contributed by atoms with Crippen molar-refractivity contribution in [2.75, 3.05) is 0 Å². The van der Waals surface area contributed by atoms with Gasteiger partial charge in [0.1, 0.15) is 0 Å². The van der Waals surface area contributed by atoms with Crippen LogP contribution in [0.25, 0.3) is 5.69 Å². The van der Waals surface area contributed by atoms with Gasteiger partial charge in [0.05, 0.1) is 17.8 Å². The number of benzene rings is 1. The molecule has 5 heteroatoms. The first-order chi connectivity index (χ1) is 9.08. The number of carbonyl (C=O) groups excluding carboxylic acids is 1. The molecule has 0 aliphatic carbocycles. The van der Waals surface area contributed by atoms with Gasteiger partial charge < -0.3 is 11.1 Å². The van der Waals surface area contributed by atoms with E-state index < -0.39 is 6.04 Å². The first-order valence-corrected chi connectivity index (χ1v) is 6.24. The number of amides is 1. The van der Waals surface area contributed by atoms with E-state index in [2.05, 4.69) is 10.4 Å². The van der Waals surface area contributed by atoms with Crippen molar-refractivity contribution in [3.05, 3.63) is 48.3 Å². The van der Waals surface area contributed by atoms with Gasteiger partial charge in [0, 0.05) is 12.4 Å². The van der Waals surface area contributed by atoms with Gasteiger partial charge in [0.15, 0.2) is 0 Å². The number of nitrogens with one attached hydrogen (secondary N) is 1. The van der Waals surface area contributed by atoms with Crippen LogP contribution in [-0.2, 0) is 4.79 Å². The van der Waals surface area contributed by atoms with E-state index in [1.54, 1.807) is 17.8 Å². The van der Waals surface area contributed by atoms with Crippen molar-refractivity contribution < 1.29 is 4.79 Å². The summed E-state index contributed by atoms with van der Waals surface area (Å²) in [6.07, 6.45) is 3.61. The van der Waals surface area contributed by atoms with E-state index in [-0.39, 0.29) is 11.9 Å². The second-order valence-electron chi connectivity index (χ2n) is 4.56. The van der Waals surface area contributed by atoms with Crippen LogP contribution in [0.2, 0.25) is 0 Å². The van der Waals surface area contributed by atoms with Gasteiger partial charge in [-0.2, -0.15) is 5.10 Å². The van der Waals surface area contributed by atoms with Crippen molar-refractivity contribution in [3.8, 4) is 5.69 Å². The smallest absolute Gasteiger partial charge is 0.237 e. The molecule has 0 radical (unpaired) electrons. The van der Waals surface area contributed by atoms with E-state index in [0.29, 0.717) is 0 Å². The summed E-state index contributed by atoms with van der Waals surface area (Å²) in [7, 11) is 0. The Morgan fingerprint density at radius 3 is 2.79 bits per heavy atom. The van der Waals surface area contributed by atoms with Crippen LogP contribution in [0.4, 0.5) is 0 Å². The topological polar surface area (TPSA) is 72.9 Å². The molecule has 1 aromatic carbocycles. The summed E-state index contributed by atoms with van der Waals surface area (Å²) < 4.78 is 1.78. The van der Waals surface area contributed by atoms with Crippen molar-refractivity contribution in [1.29, 1.82) is 0 Å². The third-order valence-corrected chi connectivity index (χ3v) is 2.91. The van der Waals surface area contributed by atoms with Gasteiger partial charge in [-0.25, -0.2) is 4.68 Å². The van der Waals surface area contributed by atoms with Gasteiger partial charge in [-0.15, -0.1) is 0 Å². The predicted octanol–water partition coefficient (Wildman–Crippen LogP) is 1.40. The molecule has 2 atom stereocenters. The number of aromatic nitrogens is 2. The molecule has 1 unspecified atom stereocenters. The van der Waals surface area contributed by atoms with Crippen molar-refractivity contribution in [1.82, 2.24) is 15.1 Å². The number of hydrogen-bond donors (Lipinski definition) is 2. The molecule has 0 saturated heterocycles. The van der Waals surface area contributed by atoms with Crippen LogP contribution in [0.1, 0.15) is 25.5 Å². The van der Waals surface area contributed by atoms with Gasteiger partial charge in [-0.3, -0.25) is 4.79 Å². The average Bonchev–Trinajstić information content (AvgIpc) is 2.92. The molecule has 100 valence electrons. The van der Waals surface area contributed by atoms with Crippen molar-refractivity contribution in [2.45, 2.75) is 25.9 Å². The summed E-state index contributed by atoms with van der Waals surface area (Å²) in [6, 6.07) is 9.16. The fourth-order valence-electron chi connectivity index (χ4n) is 1.79. The second kappa shape index (κ2) is 5.67. The average molecular weight is 258 g/mol. The standard InChI is InChI=1S/C14H18N4O/c1-10(15)14(19)17-11(2)12-5-3-6-13(9-12)18-8-4-7-16-18/h3-11H,15H2,1-2H3,(H,17,19)/t10-,11?/m0/s1. The van der Waals surface area contributed by atoms with Crippen LogP contribution in [-0.4, -0.2) is 21.7 Å². The van der Waals surface area contributed by atoms with Gasteiger partial charge in [-0.05, 0) is 37.6 Å². The molecule has 19 heavy (non-hydrogen) atoms. The molecular formula is C14H18N4O. The maximum absolute atomic E-state index is 11.6. The zero-order chi connectivity index (χ0) is 13.8. The fourth-order valence-corrected chi connectivity index (χ4v) is 1.79. The maximum atomic E-state index is 11.6. The third-order valence-electron chi connectivity index (χ3n) is 2.91. The van der Waals surface area contributed by atoms with Gasteiger partial charge in [0.2, 0.25) is 5.91 Å². The molecule has 5 nitrogen and oxygen atoms in total. The molecule has 0 aliphatic heterocycles. The Bertz CT molecular complexity index is 548. The SMILES string of the molecule is CC(NC(=O)[C@H](C)N)c1cccc(-n2cccn2)c1. The molecular weight excluding hydrogens is 240 g/mol. The summed E-state index contributed by atoms with van der Waals surface area (Å²) >= 11 is 0. The van der Waals surface area contributed by atoms with E-state index in [4.69, 9.17) is 5.73 Å². The lowest BCUT2D eigenvalue weighted by atomic mass is 10.1. The third kappa shape index (κ3) is 3.20. The van der Waals surface area contributed by atoms with Crippen LogP contribution in [0.15, 0.2) is 42.7 Å². The van der Waals surface area contributed by atoms with Crippen LogP contribution in [0.3, 0.4) is 0 Å². The number of hydrogen-bond acceptors (Lipinski definition) is 3. The number of rotatable bonds is 4. The van der Waals surface area contributed by atoms with Crippen LogP contribution >= 0.6 is 0 Å². The highest BCUT2D eigenvalue weighted by atomic mass is 16.2. The highest BCUT2D eigenvalue weighted by molar-refractivity contribution is 5.81. The molecule has 0 spiro atoms. The monoisotopic (exact) mass is 258 g/mol. The molecule has 1 heterocycles. The summed E-state index contributed by atoms with van der Waals surface area (Å²) in [5, 5.41) is 7.06. The zero-order valence-electron chi connectivity index (χ0n) is 11.1. The van der Waals surface area contributed by atoms with Gasteiger partial charge in [0.25, 0.3) is 0 Å². The number of nitrogens with two attached hydrogens (primary N) is 1. The minimum Gasteiger partial charge on any atom is -0.348 e. The fraction of sp³-hybridized carbons (Fsp3) is 0.286. The lowest BCUT2D eigenvalue weighted by Crippen LogP contribution is -2.39. The Hall–Kier alpha value is -2.14. The first-order valence-electron chi connectivity index (χ1n) is 6.24. The van der Waals surface area contributed by atoms with Crippen molar-refractivity contribution >= 4 is 5.91 Å². The zero-order valence-corrected chi connectivity index (χ0v) is 11.1. The van der Waals surface area contributed by atoms with Gasteiger partial charge in [-0.1, -0.05) is 12.1 Å². The molecule has 2 rings (SSSR count). The minimum atomic E-state index is -0.503. The predicted molar refractivity (Wildman–Crippen MR) is 73.8 cm³/mol. The molecule has 0 bridgehead atoms. The van der Waals surface area contributed by atoms with E-state index in [1.807, 2.05) is 43.5 Å². The lowest BCUT2D eigenvalue weighted by molar-refractivity contribution is -0.122. The van der Waals surface area contributed by atoms with E-state index in [0.717, 1.165) is 11.3 Å². The molecule has 3 N–H and O–H groups in total. The van der Waals surface area contributed by atoms with Crippen molar-refractivity contribution in [2.24, 2.45) is 5.73 Å². The van der Waals surface area contributed by atoms with E-state index in [1.165, 1.54) is 0 Å². The van der Waals surface area contributed by atoms with E-state index >= 15 is 0 Å². The Morgan fingerprint density at radius 2 is 2.16 bits per heavy atom. The summed E-state index contributed by atoms with van der Waals surface area (Å²) in [6.45, 7) is 3.60. The minimum absolute atomic E-state index is 0.0889. The molecule has 1 amide bonds. The first kappa shape index (κ1) is 13.3. The Kier molecular flexibility index (Phi) is 3.97. The summed E-state index contributed by atoms with van der Waals surface area (Å²) in [5.41, 5.74) is 7.52. The molecule has 1 aromatic heterocycles. The lowest BCUT2D eigenvalue weighted by Gasteiger charge is -2.16. The summed E-state index contributed by atoms with van der Waals surface area (Å²) in [4.78, 5) is 11.6. The normalized spacial score (nSPS) is 13.8. The Morgan fingerprint density at radius 1 is 1.37 bits per heavy atom. The van der Waals surface area contributed by atoms with Gasteiger partial charge >= 0.3 is 0 Å². The second-order valence-corrected chi connectivity index (χ2v) is 4.56. The summed E-state index contributed by atoms with van der Waals surface area (Å²) in [5.74, 6) is -0.156. The highest BCUT2D eigenvalue weighted by Crippen LogP contribution is 2.16. The molecule has 0 fully saturated rings. The maximum Gasteiger partial charge on any atom is 0.237 e. The molecule has 0 saturated carbocycles. The highest BCUT2D eigenvalue weighted by Gasteiger charge is 2.13. The number of carbonyl (C=O) groups is 1. The quantitative estimate of drug-likeness (QED) is 0.870. The molecule has 0 aliphatic rings. The van der Waals surface area contributed by atoms with Crippen LogP contribution < -0.4 is 11.1 Å². The Labute approximate surface area is 112 Å². The van der Waals surface area contributed by atoms with Crippen molar-refractivity contribution in [3.63, 3.8) is 0 Å². The Balaban J connectivity index is 2.17. The van der Waals surface area contributed by atoms with E-state index in [9.17, 15) is 4.79 Å². The largest absolute Gasteiger partial charge is 0.348 e. The van der Waals surface area contributed by atoms with Crippen LogP contribution in [0.5, 0.6) is 0 Å². The van der Waals surface area contributed by atoms with Crippen LogP contribution in [0, 0.1) is 0 Å².